The summed E-state index contributed by atoms with van der Waals surface area (Å²) in [5.74, 6) is -2.56. The fraction of sp³-hybridized carbons (Fsp3) is 0.235. The van der Waals surface area contributed by atoms with E-state index in [1.165, 1.54) is 17.0 Å². The highest BCUT2D eigenvalue weighted by Crippen LogP contribution is 2.27. The van der Waals surface area contributed by atoms with Crippen molar-refractivity contribution in [1.29, 1.82) is 0 Å². The summed E-state index contributed by atoms with van der Waals surface area (Å²) in [6.07, 6.45) is 0. The van der Waals surface area contributed by atoms with E-state index >= 15 is 0 Å². The van der Waals surface area contributed by atoms with Crippen molar-refractivity contribution in [3.63, 3.8) is 0 Å². The van der Waals surface area contributed by atoms with Gasteiger partial charge in [-0.15, -0.1) is 0 Å². The van der Waals surface area contributed by atoms with Gasteiger partial charge in [0.2, 0.25) is 10.0 Å². The minimum Gasteiger partial charge on any atom is -0.336 e. The molecule has 1 saturated heterocycles. The lowest BCUT2D eigenvalue weighted by molar-refractivity contribution is -0.385. The van der Waals surface area contributed by atoms with E-state index in [4.69, 9.17) is 0 Å². The molecule has 1 amide bonds. The van der Waals surface area contributed by atoms with E-state index in [-0.39, 0.29) is 41.9 Å². The summed E-state index contributed by atoms with van der Waals surface area (Å²) in [7, 11) is -4.19. The molecule has 8 nitrogen and oxygen atoms in total. The van der Waals surface area contributed by atoms with Crippen molar-refractivity contribution < 1.29 is 26.9 Å². The smallest absolute Gasteiger partial charge is 0.284 e. The van der Waals surface area contributed by atoms with Crippen LogP contribution in [-0.2, 0) is 10.0 Å². The SMILES string of the molecule is O=C(c1ccc(Br)c([N+](=O)[O-])c1)N1CCN(S(=O)(=O)c2ccc(F)cc2F)CC1. The first kappa shape index (κ1) is 21.3. The predicted molar refractivity (Wildman–Crippen MR) is 102 cm³/mol. The maximum Gasteiger partial charge on any atom is 0.284 e. The third-order valence-corrected chi connectivity index (χ3v) is 7.03. The minimum atomic E-state index is -4.19. The number of hydrogen-bond donors (Lipinski definition) is 0. The zero-order valence-electron chi connectivity index (χ0n) is 14.7. The lowest BCUT2D eigenvalue weighted by Crippen LogP contribution is -2.50. The van der Waals surface area contributed by atoms with Crippen LogP contribution in [0.15, 0.2) is 45.8 Å². The van der Waals surface area contributed by atoms with Crippen molar-refractivity contribution in [2.24, 2.45) is 0 Å². The van der Waals surface area contributed by atoms with Crippen molar-refractivity contribution in [3.05, 3.63) is 68.2 Å². The van der Waals surface area contributed by atoms with Crippen LogP contribution in [0.1, 0.15) is 10.4 Å². The highest BCUT2D eigenvalue weighted by atomic mass is 79.9. The van der Waals surface area contributed by atoms with Crippen LogP contribution in [0.5, 0.6) is 0 Å². The number of sulfonamides is 1. The Kier molecular flexibility index (Phi) is 5.96. The van der Waals surface area contributed by atoms with E-state index in [0.29, 0.717) is 6.07 Å². The molecule has 0 unspecified atom stereocenters. The lowest BCUT2D eigenvalue weighted by Gasteiger charge is -2.34. The summed E-state index contributed by atoms with van der Waals surface area (Å²) < 4.78 is 53.4. The lowest BCUT2D eigenvalue weighted by atomic mass is 10.1. The summed E-state index contributed by atoms with van der Waals surface area (Å²) in [6.45, 7) is -0.150. The van der Waals surface area contributed by atoms with Gasteiger partial charge in [-0.2, -0.15) is 4.31 Å². The predicted octanol–water partition coefficient (Wildman–Crippen LogP) is 2.78. The highest BCUT2D eigenvalue weighted by molar-refractivity contribution is 9.10. The van der Waals surface area contributed by atoms with Crippen molar-refractivity contribution in [3.8, 4) is 0 Å². The molecule has 0 aliphatic carbocycles. The van der Waals surface area contributed by atoms with Crippen LogP contribution in [0.3, 0.4) is 0 Å². The largest absolute Gasteiger partial charge is 0.336 e. The van der Waals surface area contributed by atoms with Crippen LogP contribution < -0.4 is 0 Å². The first-order valence-corrected chi connectivity index (χ1v) is 10.5. The number of piperazine rings is 1. The zero-order valence-corrected chi connectivity index (χ0v) is 17.1. The molecule has 1 aliphatic rings. The van der Waals surface area contributed by atoms with Crippen molar-refractivity contribution in [2.45, 2.75) is 4.90 Å². The Bertz CT molecular complexity index is 1090. The number of carbonyl (C=O) groups excluding carboxylic acids is 1. The average molecular weight is 490 g/mol. The quantitative estimate of drug-likeness (QED) is 0.485. The molecule has 12 heteroatoms. The second-order valence-corrected chi connectivity index (χ2v) is 8.96. The van der Waals surface area contributed by atoms with E-state index in [2.05, 4.69) is 15.9 Å². The summed E-state index contributed by atoms with van der Waals surface area (Å²) >= 11 is 3.04. The van der Waals surface area contributed by atoms with Gasteiger partial charge in [-0.3, -0.25) is 14.9 Å². The van der Waals surface area contributed by atoms with E-state index in [1.54, 1.807) is 0 Å². The molecular formula is C17H14BrF2N3O5S. The minimum absolute atomic E-state index is 0.0186. The summed E-state index contributed by atoms with van der Waals surface area (Å²) in [4.78, 5) is 23.8. The number of halogens is 3. The Morgan fingerprint density at radius 2 is 1.72 bits per heavy atom. The van der Waals surface area contributed by atoms with Gasteiger partial charge in [0.15, 0.2) is 0 Å². The normalized spacial score (nSPS) is 15.3. The average Bonchev–Trinajstić information content (AvgIpc) is 2.67. The van der Waals surface area contributed by atoms with Crippen LogP contribution in [0.2, 0.25) is 0 Å². The second-order valence-electron chi connectivity index (χ2n) is 6.19. The first-order chi connectivity index (χ1) is 13.6. The van der Waals surface area contributed by atoms with Gasteiger partial charge >= 0.3 is 0 Å². The fourth-order valence-electron chi connectivity index (χ4n) is 2.92. The van der Waals surface area contributed by atoms with Crippen LogP contribution in [-0.4, -0.2) is 54.6 Å². The van der Waals surface area contributed by atoms with Crippen molar-refractivity contribution in [2.75, 3.05) is 26.2 Å². The van der Waals surface area contributed by atoms with Crippen molar-refractivity contribution >= 4 is 37.5 Å². The Hall–Kier alpha value is -2.44. The number of rotatable bonds is 4. The number of nitrogens with zero attached hydrogens (tertiary/aromatic N) is 3. The summed E-state index contributed by atoms with van der Waals surface area (Å²) in [6, 6.07) is 6.17. The molecule has 0 aromatic heterocycles. The number of nitro benzene ring substituents is 1. The molecule has 1 fully saturated rings. The molecule has 3 rings (SSSR count). The second kappa shape index (κ2) is 8.13. The number of benzene rings is 2. The van der Waals surface area contributed by atoms with Crippen LogP contribution in [0.4, 0.5) is 14.5 Å². The summed E-state index contributed by atoms with van der Waals surface area (Å²) in [5, 5.41) is 11.0. The first-order valence-electron chi connectivity index (χ1n) is 8.29. The summed E-state index contributed by atoms with van der Waals surface area (Å²) in [5.41, 5.74) is -0.162. The van der Waals surface area contributed by atoms with E-state index < -0.39 is 37.4 Å². The van der Waals surface area contributed by atoms with E-state index in [0.717, 1.165) is 22.5 Å². The zero-order chi connectivity index (χ0) is 21.3. The Morgan fingerprint density at radius 3 is 2.31 bits per heavy atom. The number of amides is 1. The molecule has 2 aromatic carbocycles. The van der Waals surface area contributed by atoms with Gasteiger partial charge < -0.3 is 4.90 Å². The Morgan fingerprint density at radius 1 is 1.07 bits per heavy atom. The van der Waals surface area contributed by atoms with Gasteiger partial charge in [0.05, 0.1) is 9.40 Å². The van der Waals surface area contributed by atoms with Gasteiger partial charge in [-0.1, -0.05) is 0 Å². The van der Waals surface area contributed by atoms with Gasteiger partial charge in [0.25, 0.3) is 11.6 Å². The van der Waals surface area contributed by atoms with Crippen LogP contribution >= 0.6 is 15.9 Å². The molecule has 1 aliphatic heterocycles. The molecule has 1 heterocycles. The Balaban J connectivity index is 1.74. The molecule has 0 bridgehead atoms. The molecule has 0 spiro atoms. The van der Waals surface area contributed by atoms with Crippen molar-refractivity contribution in [1.82, 2.24) is 9.21 Å². The van der Waals surface area contributed by atoms with Gasteiger partial charge in [0.1, 0.15) is 16.5 Å². The number of hydrogen-bond acceptors (Lipinski definition) is 5. The third-order valence-electron chi connectivity index (χ3n) is 4.43. The van der Waals surface area contributed by atoms with Crippen LogP contribution in [0.25, 0.3) is 0 Å². The van der Waals surface area contributed by atoms with Gasteiger partial charge in [-0.05, 0) is 40.2 Å². The molecule has 2 aromatic rings. The van der Waals surface area contributed by atoms with Crippen LogP contribution in [0, 0.1) is 21.7 Å². The molecule has 0 radical (unpaired) electrons. The third kappa shape index (κ3) is 4.28. The molecule has 29 heavy (non-hydrogen) atoms. The molecule has 154 valence electrons. The standard InChI is InChI=1S/C17H14BrF2N3O5S/c18-13-3-1-11(9-15(13)23(25)26)17(24)21-5-7-22(8-6-21)29(27,28)16-4-2-12(19)10-14(16)20/h1-4,9-10H,5-8H2. The topological polar surface area (TPSA) is 101 Å². The Labute approximate surface area is 173 Å². The number of nitro groups is 1. The number of carbonyl (C=O) groups is 1. The van der Waals surface area contributed by atoms with E-state index in [9.17, 15) is 32.1 Å². The van der Waals surface area contributed by atoms with Gasteiger partial charge in [0, 0.05) is 43.9 Å². The van der Waals surface area contributed by atoms with Gasteiger partial charge in [-0.25, -0.2) is 17.2 Å². The maximum absolute atomic E-state index is 13.9. The molecule has 0 atom stereocenters. The monoisotopic (exact) mass is 489 g/mol. The molecule has 0 saturated carbocycles. The maximum atomic E-state index is 13.9. The fourth-order valence-corrected chi connectivity index (χ4v) is 4.78. The van der Waals surface area contributed by atoms with E-state index in [1.807, 2.05) is 0 Å². The molecular weight excluding hydrogens is 476 g/mol. The molecule has 0 N–H and O–H groups in total. The highest BCUT2D eigenvalue weighted by Gasteiger charge is 2.32.